The van der Waals surface area contributed by atoms with Crippen molar-refractivity contribution in [3.05, 3.63) is 34.6 Å². The van der Waals surface area contributed by atoms with Gasteiger partial charge in [0, 0.05) is 0 Å². The summed E-state index contributed by atoms with van der Waals surface area (Å²) in [5.41, 5.74) is -0.718. The fraction of sp³-hybridized carbons (Fsp3) is 0.182. The predicted molar refractivity (Wildman–Crippen MR) is 73.5 cm³/mol. The van der Waals surface area contributed by atoms with Crippen molar-refractivity contribution >= 4 is 32.5 Å². The first-order valence-corrected chi connectivity index (χ1v) is 8.01. The first kappa shape index (κ1) is 15.3. The molecule has 1 aromatic carbocycles. The molecule has 0 atom stereocenters. The van der Waals surface area contributed by atoms with Gasteiger partial charge in [-0.25, -0.2) is 17.6 Å². The van der Waals surface area contributed by atoms with Crippen molar-refractivity contribution in [2.24, 2.45) is 0 Å². The van der Waals surface area contributed by atoms with Crippen LogP contribution in [0.1, 0.15) is 22.3 Å². The van der Waals surface area contributed by atoms with Crippen molar-refractivity contribution in [1.29, 1.82) is 0 Å². The highest BCUT2D eigenvalue weighted by atomic mass is 32.2. The van der Waals surface area contributed by atoms with Crippen LogP contribution in [0.2, 0.25) is 0 Å². The molecule has 112 valence electrons. The summed E-state index contributed by atoms with van der Waals surface area (Å²) in [6.45, 7) is 1.85. The van der Waals surface area contributed by atoms with Crippen LogP contribution in [0.3, 0.4) is 0 Å². The van der Waals surface area contributed by atoms with Gasteiger partial charge in [-0.05, 0) is 24.6 Å². The van der Waals surface area contributed by atoms with Crippen LogP contribution in [0.15, 0.2) is 23.1 Å². The highest BCUT2D eigenvalue weighted by Crippen LogP contribution is 2.21. The Balaban J connectivity index is 2.35. The van der Waals surface area contributed by atoms with Crippen molar-refractivity contribution < 1.29 is 22.7 Å². The summed E-state index contributed by atoms with van der Waals surface area (Å²) >= 11 is 1.07. The summed E-state index contributed by atoms with van der Waals surface area (Å²) in [5, 5.41) is 16.9. The van der Waals surface area contributed by atoms with Gasteiger partial charge < -0.3 is 5.11 Å². The minimum absolute atomic E-state index is 0.0630. The molecule has 1 heterocycles. The number of carboxylic acid groups (broad SMARTS) is 1. The quantitative estimate of drug-likeness (QED) is 0.863. The normalized spacial score (nSPS) is 11.3. The van der Waals surface area contributed by atoms with E-state index in [-0.39, 0.29) is 10.0 Å². The molecule has 10 heteroatoms. The monoisotopic (exact) mass is 331 g/mol. The number of hydrogen-bond donors (Lipinski definition) is 2. The smallest absolute Gasteiger partial charge is 0.338 e. The van der Waals surface area contributed by atoms with Gasteiger partial charge in [-0.2, -0.15) is 0 Å². The number of carboxylic acids is 1. The number of halogens is 1. The number of aryl methyl sites for hydroxylation is 1. The Morgan fingerprint density at radius 1 is 1.43 bits per heavy atom. The predicted octanol–water partition coefficient (Wildman–Crippen LogP) is 1.74. The second kappa shape index (κ2) is 5.74. The Kier molecular flexibility index (Phi) is 4.19. The first-order valence-electron chi connectivity index (χ1n) is 5.71. The Labute approximate surface area is 123 Å². The Bertz CT molecular complexity index is 789. The molecular formula is C11H10FN3O4S2. The zero-order chi connectivity index (χ0) is 15.6. The summed E-state index contributed by atoms with van der Waals surface area (Å²) in [4.78, 5) is 10.5. The van der Waals surface area contributed by atoms with Crippen molar-refractivity contribution in [1.82, 2.24) is 10.2 Å². The minimum Gasteiger partial charge on any atom is -0.478 e. The summed E-state index contributed by atoms with van der Waals surface area (Å²) in [5.74, 6) is -2.56. The summed E-state index contributed by atoms with van der Waals surface area (Å²) < 4.78 is 39.6. The average Bonchev–Trinajstić information content (AvgIpc) is 2.85. The maximum Gasteiger partial charge on any atom is 0.338 e. The molecule has 7 nitrogen and oxygen atoms in total. The van der Waals surface area contributed by atoms with Crippen LogP contribution in [0.5, 0.6) is 0 Å². The molecule has 21 heavy (non-hydrogen) atoms. The number of benzene rings is 1. The number of rotatable bonds is 5. The molecule has 0 spiro atoms. The van der Waals surface area contributed by atoms with E-state index in [4.69, 9.17) is 5.11 Å². The zero-order valence-corrected chi connectivity index (χ0v) is 12.3. The lowest BCUT2D eigenvalue weighted by atomic mass is 10.2. The number of nitrogens with one attached hydrogen (secondary N) is 1. The molecule has 0 saturated heterocycles. The molecule has 1 aromatic heterocycles. The van der Waals surface area contributed by atoms with Crippen molar-refractivity contribution in [3.63, 3.8) is 0 Å². The number of carbonyl (C=O) groups is 1. The Hall–Kier alpha value is -2.07. The van der Waals surface area contributed by atoms with Crippen LogP contribution < -0.4 is 4.72 Å². The maximum absolute atomic E-state index is 13.3. The van der Waals surface area contributed by atoms with E-state index in [0.717, 1.165) is 29.5 Å². The molecule has 2 aromatic rings. The molecule has 2 rings (SSSR count). The standard InChI is InChI=1S/C11H10FN3O4S2/c1-2-9-13-14-11(20-9)15-21(18,19)6-3-4-8(12)7(5-6)10(16)17/h3-5H,2H2,1H3,(H,14,15)(H,16,17). The van der Waals surface area contributed by atoms with Gasteiger partial charge >= 0.3 is 5.97 Å². The van der Waals surface area contributed by atoms with E-state index in [1.807, 2.05) is 6.92 Å². The number of nitrogens with zero attached hydrogens (tertiary/aromatic N) is 2. The first-order chi connectivity index (χ1) is 9.83. The number of hydrogen-bond acceptors (Lipinski definition) is 6. The lowest BCUT2D eigenvalue weighted by Crippen LogP contribution is -2.14. The highest BCUT2D eigenvalue weighted by molar-refractivity contribution is 7.93. The van der Waals surface area contributed by atoms with Gasteiger partial charge in [-0.15, -0.1) is 10.2 Å². The van der Waals surface area contributed by atoms with E-state index in [2.05, 4.69) is 14.9 Å². The zero-order valence-electron chi connectivity index (χ0n) is 10.7. The van der Waals surface area contributed by atoms with Crippen molar-refractivity contribution in [2.75, 3.05) is 4.72 Å². The number of aromatic nitrogens is 2. The molecule has 0 bridgehead atoms. The maximum atomic E-state index is 13.3. The van der Waals surface area contributed by atoms with Gasteiger partial charge in [0.15, 0.2) is 0 Å². The molecule has 0 aliphatic heterocycles. The lowest BCUT2D eigenvalue weighted by molar-refractivity contribution is 0.0691. The van der Waals surface area contributed by atoms with Crippen LogP contribution in [0, 0.1) is 5.82 Å². The van der Waals surface area contributed by atoms with E-state index in [1.54, 1.807) is 0 Å². The number of aromatic carboxylic acids is 1. The third-order valence-corrected chi connectivity index (χ3v) is 4.92. The van der Waals surface area contributed by atoms with Crippen LogP contribution in [-0.4, -0.2) is 29.7 Å². The second-order valence-corrected chi connectivity index (χ2v) is 6.65. The third kappa shape index (κ3) is 3.34. The fourth-order valence-corrected chi connectivity index (χ4v) is 3.38. The molecule has 0 amide bonds. The van der Waals surface area contributed by atoms with E-state index in [1.165, 1.54) is 0 Å². The molecule has 0 aliphatic carbocycles. The molecule has 0 radical (unpaired) electrons. The number of anilines is 1. The van der Waals surface area contributed by atoms with Gasteiger partial charge in [0.1, 0.15) is 10.8 Å². The van der Waals surface area contributed by atoms with Gasteiger partial charge in [0.25, 0.3) is 10.0 Å². The van der Waals surface area contributed by atoms with Gasteiger partial charge in [0.05, 0.1) is 10.5 Å². The van der Waals surface area contributed by atoms with Crippen LogP contribution in [-0.2, 0) is 16.4 Å². The largest absolute Gasteiger partial charge is 0.478 e. The van der Waals surface area contributed by atoms with Crippen molar-refractivity contribution in [3.8, 4) is 0 Å². The molecular weight excluding hydrogens is 321 g/mol. The fourth-order valence-electron chi connectivity index (χ4n) is 1.45. The van der Waals surface area contributed by atoms with Gasteiger partial charge in [-0.1, -0.05) is 18.3 Å². The highest BCUT2D eigenvalue weighted by Gasteiger charge is 2.20. The summed E-state index contributed by atoms with van der Waals surface area (Å²) in [7, 11) is -4.05. The lowest BCUT2D eigenvalue weighted by Gasteiger charge is -2.06. The minimum atomic E-state index is -4.05. The van der Waals surface area contributed by atoms with Gasteiger partial charge in [0.2, 0.25) is 5.13 Å². The SMILES string of the molecule is CCc1nnc(NS(=O)(=O)c2ccc(F)c(C(=O)O)c2)s1. The van der Waals surface area contributed by atoms with E-state index in [9.17, 15) is 17.6 Å². The van der Waals surface area contributed by atoms with Crippen LogP contribution in [0.4, 0.5) is 9.52 Å². The Morgan fingerprint density at radius 3 is 2.71 bits per heavy atom. The Morgan fingerprint density at radius 2 is 2.14 bits per heavy atom. The van der Waals surface area contributed by atoms with Crippen molar-refractivity contribution in [2.45, 2.75) is 18.2 Å². The van der Waals surface area contributed by atoms with E-state index in [0.29, 0.717) is 11.4 Å². The second-order valence-electron chi connectivity index (χ2n) is 3.91. The molecule has 0 unspecified atom stereocenters. The summed E-state index contributed by atoms with van der Waals surface area (Å²) in [6.07, 6.45) is 0.610. The topological polar surface area (TPSA) is 109 Å². The third-order valence-electron chi connectivity index (χ3n) is 2.47. The van der Waals surface area contributed by atoms with E-state index >= 15 is 0 Å². The summed E-state index contributed by atoms with van der Waals surface area (Å²) in [6, 6.07) is 2.52. The number of sulfonamides is 1. The molecule has 0 saturated carbocycles. The van der Waals surface area contributed by atoms with Crippen LogP contribution in [0.25, 0.3) is 0 Å². The molecule has 2 N–H and O–H groups in total. The molecule has 0 fully saturated rings. The molecule has 0 aliphatic rings. The van der Waals surface area contributed by atoms with Crippen LogP contribution >= 0.6 is 11.3 Å². The average molecular weight is 331 g/mol. The van der Waals surface area contributed by atoms with Gasteiger partial charge in [-0.3, -0.25) is 4.72 Å². The van der Waals surface area contributed by atoms with E-state index < -0.39 is 27.4 Å².